The molecule has 0 aliphatic heterocycles. The smallest absolute Gasteiger partial charge is 0.164 e. The van der Waals surface area contributed by atoms with Gasteiger partial charge in [0.05, 0.1) is 15.9 Å². The van der Waals surface area contributed by atoms with Crippen molar-refractivity contribution in [2.75, 3.05) is 0 Å². The minimum Gasteiger partial charge on any atom is -0.456 e. The van der Waals surface area contributed by atoms with Gasteiger partial charge in [-0.25, -0.2) is 24.9 Å². The lowest BCUT2D eigenvalue weighted by Crippen LogP contribution is -2.00. The molecule has 266 valence electrons. The van der Waals surface area contributed by atoms with Crippen LogP contribution in [0.25, 0.3) is 119 Å². The fourth-order valence-corrected chi connectivity index (χ4v) is 10.3. The standard InChI is InChI=1S/C49H27N5OS2/c1-3-13-28(14-4-1)46-52-47(29-15-5-2-6-16-29)54-49(53-46)34-20-12-24-40-42(34)41-33(19-11-23-39(41)56-40)48-50-43(45-44(51-48)32-18-8-10-22-38(32)57-45)30-25-26-37-35(27-30)31-17-7-9-21-36(31)55-37/h1-27H. The van der Waals surface area contributed by atoms with Crippen LogP contribution in [0.1, 0.15) is 0 Å². The highest BCUT2D eigenvalue weighted by Crippen LogP contribution is 2.46. The molecule has 5 aromatic heterocycles. The third kappa shape index (κ3) is 5.19. The van der Waals surface area contributed by atoms with E-state index in [-0.39, 0.29) is 0 Å². The number of para-hydroxylation sites is 1. The van der Waals surface area contributed by atoms with Gasteiger partial charge in [-0.15, -0.1) is 22.7 Å². The highest BCUT2D eigenvalue weighted by Gasteiger charge is 2.23. The quantitative estimate of drug-likeness (QED) is 0.174. The number of aromatic nitrogens is 5. The molecule has 0 saturated heterocycles. The van der Waals surface area contributed by atoms with E-state index in [1.54, 1.807) is 22.7 Å². The summed E-state index contributed by atoms with van der Waals surface area (Å²) in [7, 11) is 0. The molecule has 0 atom stereocenters. The molecule has 0 unspecified atom stereocenters. The molecule has 0 fully saturated rings. The first kappa shape index (κ1) is 32.1. The number of hydrogen-bond donors (Lipinski definition) is 0. The summed E-state index contributed by atoms with van der Waals surface area (Å²) < 4.78 is 10.7. The predicted octanol–water partition coefficient (Wildman–Crippen LogP) is 13.6. The maximum Gasteiger partial charge on any atom is 0.164 e. The van der Waals surface area contributed by atoms with Gasteiger partial charge in [-0.05, 0) is 42.5 Å². The Bertz CT molecular complexity index is 3480. The lowest BCUT2D eigenvalue weighted by molar-refractivity contribution is 0.669. The van der Waals surface area contributed by atoms with Crippen molar-refractivity contribution in [2.24, 2.45) is 0 Å². The Labute approximate surface area is 333 Å². The van der Waals surface area contributed by atoms with Crippen LogP contribution in [0.4, 0.5) is 0 Å². The first-order valence-corrected chi connectivity index (χ1v) is 20.3. The minimum absolute atomic E-state index is 0.615. The average molecular weight is 766 g/mol. The second-order valence-corrected chi connectivity index (χ2v) is 16.1. The number of thiophene rings is 2. The molecule has 57 heavy (non-hydrogen) atoms. The molecule has 6 nitrogen and oxygen atoms in total. The summed E-state index contributed by atoms with van der Waals surface area (Å²) >= 11 is 3.49. The summed E-state index contributed by atoms with van der Waals surface area (Å²) in [5.74, 6) is 2.54. The molecule has 0 saturated carbocycles. The number of nitrogens with zero attached hydrogens (tertiary/aromatic N) is 5. The second kappa shape index (κ2) is 12.7. The van der Waals surface area contributed by atoms with Gasteiger partial charge in [0.1, 0.15) is 11.2 Å². The molecule has 12 aromatic rings. The molecule has 0 spiro atoms. The Balaban J connectivity index is 1.13. The Morgan fingerprint density at radius 1 is 0.368 bits per heavy atom. The van der Waals surface area contributed by atoms with Crippen LogP contribution in [0.3, 0.4) is 0 Å². The van der Waals surface area contributed by atoms with Gasteiger partial charge in [0.15, 0.2) is 23.3 Å². The van der Waals surface area contributed by atoms with Crippen LogP contribution in [-0.2, 0) is 0 Å². The number of hydrogen-bond acceptors (Lipinski definition) is 8. The van der Waals surface area contributed by atoms with E-state index < -0.39 is 0 Å². The monoisotopic (exact) mass is 765 g/mol. The highest BCUT2D eigenvalue weighted by atomic mass is 32.1. The zero-order valence-electron chi connectivity index (χ0n) is 30.0. The van der Waals surface area contributed by atoms with Gasteiger partial charge in [0.25, 0.3) is 0 Å². The molecular formula is C49H27N5OS2. The molecule has 0 bridgehead atoms. The maximum absolute atomic E-state index is 6.22. The Kier molecular flexibility index (Phi) is 7.17. The van der Waals surface area contributed by atoms with Crippen LogP contribution in [0.15, 0.2) is 168 Å². The van der Waals surface area contributed by atoms with Crippen LogP contribution in [0, 0.1) is 0 Å². The van der Waals surface area contributed by atoms with Gasteiger partial charge in [-0.2, -0.15) is 0 Å². The van der Waals surface area contributed by atoms with Crippen molar-refractivity contribution in [1.82, 2.24) is 24.9 Å². The van der Waals surface area contributed by atoms with Crippen molar-refractivity contribution in [2.45, 2.75) is 0 Å². The van der Waals surface area contributed by atoms with Crippen molar-refractivity contribution in [3.05, 3.63) is 164 Å². The SMILES string of the molecule is c1ccc(-c2nc(-c3ccccc3)nc(-c3cccc4sc5cccc(-c6nc(-c7ccc8oc9ccccc9c8c7)c7sc8ccccc8c7n6)c5c34)n2)cc1. The van der Waals surface area contributed by atoms with Gasteiger partial charge in [0.2, 0.25) is 0 Å². The van der Waals surface area contributed by atoms with E-state index >= 15 is 0 Å². The van der Waals surface area contributed by atoms with Crippen LogP contribution < -0.4 is 0 Å². The lowest BCUT2D eigenvalue weighted by Gasteiger charge is -2.11. The fraction of sp³-hybridized carbons (Fsp3) is 0. The maximum atomic E-state index is 6.22. The predicted molar refractivity (Wildman–Crippen MR) is 236 cm³/mol. The molecule has 0 aliphatic carbocycles. The van der Waals surface area contributed by atoms with E-state index in [0.29, 0.717) is 23.3 Å². The van der Waals surface area contributed by atoms with Crippen LogP contribution >= 0.6 is 22.7 Å². The largest absolute Gasteiger partial charge is 0.456 e. The van der Waals surface area contributed by atoms with E-state index in [1.807, 2.05) is 72.8 Å². The number of rotatable bonds is 5. The van der Waals surface area contributed by atoms with Crippen LogP contribution in [0.5, 0.6) is 0 Å². The topological polar surface area (TPSA) is 77.6 Å². The summed E-state index contributed by atoms with van der Waals surface area (Å²) in [5.41, 5.74) is 8.34. The molecule has 5 heterocycles. The summed E-state index contributed by atoms with van der Waals surface area (Å²) in [6.45, 7) is 0. The van der Waals surface area contributed by atoms with Gasteiger partial charge < -0.3 is 4.42 Å². The van der Waals surface area contributed by atoms with Crippen molar-refractivity contribution in [1.29, 1.82) is 0 Å². The molecule has 12 rings (SSSR count). The normalized spacial score (nSPS) is 11.9. The second-order valence-electron chi connectivity index (χ2n) is 14.0. The summed E-state index contributed by atoms with van der Waals surface area (Å²) in [5, 5.41) is 5.42. The third-order valence-corrected chi connectivity index (χ3v) is 12.9. The van der Waals surface area contributed by atoms with Crippen LogP contribution in [-0.4, -0.2) is 24.9 Å². The third-order valence-electron chi connectivity index (χ3n) is 10.6. The van der Waals surface area contributed by atoms with Crippen molar-refractivity contribution in [3.63, 3.8) is 0 Å². The average Bonchev–Trinajstić information content (AvgIpc) is 3.98. The first-order valence-electron chi connectivity index (χ1n) is 18.7. The summed E-state index contributed by atoms with van der Waals surface area (Å²) in [6.07, 6.45) is 0. The first-order chi connectivity index (χ1) is 28.2. The zero-order chi connectivity index (χ0) is 37.5. The van der Waals surface area contributed by atoms with Crippen molar-refractivity contribution < 1.29 is 4.42 Å². The van der Waals surface area contributed by atoms with E-state index in [1.165, 1.54) is 4.70 Å². The van der Waals surface area contributed by atoms with Gasteiger partial charge in [-0.1, -0.05) is 121 Å². The number of benzene rings is 7. The van der Waals surface area contributed by atoms with E-state index in [4.69, 9.17) is 29.3 Å². The van der Waals surface area contributed by atoms with E-state index in [9.17, 15) is 0 Å². The van der Waals surface area contributed by atoms with Gasteiger partial charge in [-0.3, -0.25) is 0 Å². The Morgan fingerprint density at radius 3 is 1.63 bits per heavy atom. The molecular weight excluding hydrogens is 739 g/mol. The van der Waals surface area contributed by atoms with Crippen molar-refractivity contribution >= 4 is 85.1 Å². The molecule has 0 N–H and O–H groups in total. The molecule has 0 radical (unpaired) electrons. The van der Waals surface area contributed by atoms with Crippen molar-refractivity contribution in [3.8, 4) is 56.8 Å². The number of furan rings is 1. The number of fused-ring (bicyclic) bond motifs is 9. The summed E-state index contributed by atoms with van der Waals surface area (Å²) in [6, 6.07) is 56.1. The Morgan fingerprint density at radius 2 is 0.930 bits per heavy atom. The molecule has 7 aromatic carbocycles. The van der Waals surface area contributed by atoms with Gasteiger partial charge in [0, 0.05) is 68.8 Å². The van der Waals surface area contributed by atoms with Crippen LogP contribution in [0.2, 0.25) is 0 Å². The van der Waals surface area contributed by atoms with E-state index in [2.05, 4.69) is 91.0 Å². The molecule has 0 amide bonds. The highest BCUT2D eigenvalue weighted by molar-refractivity contribution is 7.26. The zero-order valence-corrected chi connectivity index (χ0v) is 31.7. The summed E-state index contributed by atoms with van der Waals surface area (Å²) in [4.78, 5) is 26.2. The van der Waals surface area contributed by atoms with Gasteiger partial charge >= 0.3 is 0 Å². The fourth-order valence-electron chi connectivity index (χ4n) is 7.95. The molecule has 8 heteroatoms. The van der Waals surface area contributed by atoms with E-state index in [0.717, 1.165) is 91.2 Å². The minimum atomic E-state index is 0.615. The Hall–Kier alpha value is -7.13. The lowest BCUT2D eigenvalue weighted by atomic mass is 10.0. The molecule has 0 aliphatic rings.